The molecule has 0 spiro atoms. The molecule has 0 saturated heterocycles. The Bertz CT molecular complexity index is 678. The molecule has 1 heterocycles. The van der Waals surface area contributed by atoms with Crippen molar-refractivity contribution in [2.45, 2.75) is 40.3 Å². The van der Waals surface area contributed by atoms with E-state index in [9.17, 15) is 0 Å². The molecule has 6 heteroatoms. The summed E-state index contributed by atoms with van der Waals surface area (Å²) in [7, 11) is 0. The summed E-state index contributed by atoms with van der Waals surface area (Å²) in [5.41, 5.74) is 3.47. The molecule has 1 aromatic carbocycles. The van der Waals surface area contributed by atoms with E-state index in [1.54, 1.807) is 0 Å². The van der Waals surface area contributed by atoms with Crippen molar-refractivity contribution in [3.05, 3.63) is 51.8 Å². The second-order valence-electron chi connectivity index (χ2n) is 5.76. The normalized spacial score (nSPS) is 11.6. The molecule has 0 radical (unpaired) electrons. The van der Waals surface area contributed by atoms with Gasteiger partial charge in [0, 0.05) is 29.8 Å². The lowest BCUT2D eigenvalue weighted by Crippen LogP contribution is -2.38. The summed E-state index contributed by atoms with van der Waals surface area (Å²) in [5, 5.41) is 11.2. The van der Waals surface area contributed by atoms with Crippen molar-refractivity contribution in [2.75, 3.05) is 13.1 Å². The molecule has 2 N–H and O–H groups in total. The Morgan fingerprint density at radius 2 is 2.08 bits per heavy atom. The third-order valence-corrected chi connectivity index (χ3v) is 4.09. The Balaban J connectivity index is 1.82. The first-order valence-electron chi connectivity index (χ1n) is 8.36. The fourth-order valence-corrected chi connectivity index (χ4v) is 2.93. The maximum atomic E-state index is 4.64. The van der Waals surface area contributed by atoms with Gasteiger partial charge in [-0.2, -0.15) is 5.10 Å². The van der Waals surface area contributed by atoms with Crippen molar-refractivity contribution in [1.29, 1.82) is 0 Å². The highest BCUT2D eigenvalue weighted by Crippen LogP contribution is 2.12. The van der Waals surface area contributed by atoms with Gasteiger partial charge in [-0.15, -0.1) is 0 Å². The monoisotopic (exact) mass is 391 g/mol. The van der Waals surface area contributed by atoms with E-state index in [2.05, 4.69) is 73.4 Å². The lowest BCUT2D eigenvalue weighted by atomic mass is 10.2. The van der Waals surface area contributed by atoms with E-state index in [1.165, 1.54) is 11.3 Å². The lowest BCUT2D eigenvalue weighted by Gasteiger charge is -2.12. The Morgan fingerprint density at radius 1 is 1.25 bits per heavy atom. The van der Waals surface area contributed by atoms with Gasteiger partial charge in [0.25, 0.3) is 0 Å². The van der Waals surface area contributed by atoms with Crippen LogP contribution in [0.5, 0.6) is 0 Å². The number of halogens is 1. The molecule has 130 valence electrons. The Labute approximate surface area is 152 Å². The van der Waals surface area contributed by atoms with Gasteiger partial charge in [-0.25, -0.2) is 4.99 Å². The third kappa shape index (κ3) is 6.00. The van der Waals surface area contributed by atoms with E-state index in [4.69, 9.17) is 0 Å². The van der Waals surface area contributed by atoms with E-state index in [0.29, 0.717) is 6.54 Å². The van der Waals surface area contributed by atoms with Crippen LogP contribution in [0, 0.1) is 13.8 Å². The quantitative estimate of drug-likeness (QED) is 0.431. The number of hydrogen-bond acceptors (Lipinski definition) is 2. The first kappa shape index (κ1) is 18.5. The Kier molecular flexibility index (Phi) is 7.31. The molecule has 0 saturated carbocycles. The van der Waals surface area contributed by atoms with Gasteiger partial charge in [-0.3, -0.25) is 4.68 Å². The number of rotatable bonds is 7. The van der Waals surface area contributed by atoms with Gasteiger partial charge in [-0.05, 0) is 51.0 Å². The number of aryl methyl sites for hydroxylation is 3. The number of hydrogen-bond donors (Lipinski definition) is 2. The summed E-state index contributed by atoms with van der Waals surface area (Å²) in [6.45, 7) is 9.48. The van der Waals surface area contributed by atoms with Crippen molar-refractivity contribution < 1.29 is 0 Å². The highest BCUT2D eigenvalue weighted by atomic mass is 79.9. The van der Waals surface area contributed by atoms with E-state index >= 15 is 0 Å². The van der Waals surface area contributed by atoms with Gasteiger partial charge in [0.15, 0.2) is 5.96 Å². The van der Waals surface area contributed by atoms with Crippen molar-refractivity contribution in [1.82, 2.24) is 20.4 Å². The maximum Gasteiger partial charge on any atom is 0.191 e. The van der Waals surface area contributed by atoms with Crippen LogP contribution in [-0.2, 0) is 13.1 Å². The molecule has 5 nitrogen and oxygen atoms in total. The second-order valence-corrected chi connectivity index (χ2v) is 6.67. The molecule has 24 heavy (non-hydrogen) atoms. The summed E-state index contributed by atoms with van der Waals surface area (Å²) >= 11 is 3.49. The number of nitrogens with one attached hydrogen (secondary N) is 2. The summed E-state index contributed by atoms with van der Waals surface area (Å²) in [4.78, 5) is 4.64. The molecule has 1 aromatic heterocycles. The molecule has 0 aliphatic carbocycles. The average Bonchev–Trinajstić information content (AvgIpc) is 2.87. The van der Waals surface area contributed by atoms with Crippen molar-refractivity contribution in [3.8, 4) is 0 Å². The molecule has 0 bridgehead atoms. The van der Waals surface area contributed by atoms with Crippen molar-refractivity contribution >= 4 is 21.9 Å². The molecule has 0 unspecified atom stereocenters. The van der Waals surface area contributed by atoms with Crippen LogP contribution in [0.4, 0.5) is 0 Å². The van der Waals surface area contributed by atoms with E-state index in [-0.39, 0.29) is 0 Å². The van der Waals surface area contributed by atoms with Gasteiger partial charge >= 0.3 is 0 Å². The summed E-state index contributed by atoms with van der Waals surface area (Å²) < 4.78 is 3.14. The lowest BCUT2D eigenvalue weighted by molar-refractivity contribution is 0.555. The van der Waals surface area contributed by atoms with Gasteiger partial charge in [0.05, 0.1) is 12.2 Å². The molecule has 0 amide bonds. The predicted octanol–water partition coefficient (Wildman–Crippen LogP) is 3.41. The van der Waals surface area contributed by atoms with E-state index in [1.807, 2.05) is 19.1 Å². The van der Waals surface area contributed by atoms with E-state index < -0.39 is 0 Å². The van der Waals surface area contributed by atoms with Crippen LogP contribution < -0.4 is 10.6 Å². The fourth-order valence-electron chi connectivity index (χ4n) is 2.48. The third-order valence-electron chi connectivity index (χ3n) is 3.60. The van der Waals surface area contributed by atoms with Crippen LogP contribution in [0.25, 0.3) is 0 Å². The second kappa shape index (κ2) is 9.47. The SMILES string of the molecule is CCNC(=NCc1cccc(Br)c1)NCCCn1nc(C)cc1C. The molecule has 0 fully saturated rings. The number of aromatic nitrogens is 2. The molecule has 2 aromatic rings. The predicted molar refractivity (Wildman–Crippen MR) is 103 cm³/mol. The zero-order valence-corrected chi connectivity index (χ0v) is 16.2. The van der Waals surface area contributed by atoms with Gasteiger partial charge < -0.3 is 10.6 Å². The number of nitrogens with zero attached hydrogens (tertiary/aromatic N) is 3. The molecule has 0 aliphatic heterocycles. The van der Waals surface area contributed by atoms with Crippen LogP contribution in [0.15, 0.2) is 39.8 Å². The maximum absolute atomic E-state index is 4.64. The van der Waals surface area contributed by atoms with Gasteiger partial charge in [-0.1, -0.05) is 28.1 Å². The van der Waals surface area contributed by atoms with Crippen LogP contribution in [0.1, 0.15) is 30.3 Å². The summed E-state index contributed by atoms with van der Waals surface area (Å²) in [6.07, 6.45) is 1.00. The van der Waals surface area contributed by atoms with Crippen LogP contribution in [0.3, 0.4) is 0 Å². The first-order valence-corrected chi connectivity index (χ1v) is 9.15. The summed E-state index contributed by atoms with van der Waals surface area (Å²) in [6, 6.07) is 10.3. The highest BCUT2D eigenvalue weighted by molar-refractivity contribution is 9.10. The topological polar surface area (TPSA) is 54.2 Å². The van der Waals surface area contributed by atoms with Crippen molar-refractivity contribution in [2.24, 2.45) is 4.99 Å². The molecule has 2 rings (SSSR count). The smallest absolute Gasteiger partial charge is 0.191 e. The number of benzene rings is 1. The van der Waals surface area contributed by atoms with E-state index in [0.717, 1.165) is 42.2 Å². The van der Waals surface area contributed by atoms with Crippen LogP contribution in [-0.4, -0.2) is 28.8 Å². The Hall–Kier alpha value is -1.82. The largest absolute Gasteiger partial charge is 0.357 e. The zero-order valence-electron chi connectivity index (χ0n) is 14.6. The fraction of sp³-hybridized carbons (Fsp3) is 0.444. The number of aliphatic imine (C=N–C) groups is 1. The minimum atomic E-state index is 0.659. The van der Waals surface area contributed by atoms with Crippen LogP contribution in [0.2, 0.25) is 0 Å². The average molecular weight is 392 g/mol. The number of guanidine groups is 1. The van der Waals surface area contributed by atoms with Gasteiger partial charge in [0.1, 0.15) is 0 Å². The Morgan fingerprint density at radius 3 is 2.75 bits per heavy atom. The molecular formula is C18H26BrN5. The van der Waals surface area contributed by atoms with Crippen LogP contribution >= 0.6 is 15.9 Å². The van der Waals surface area contributed by atoms with Crippen molar-refractivity contribution in [3.63, 3.8) is 0 Å². The minimum Gasteiger partial charge on any atom is -0.357 e. The molecular weight excluding hydrogens is 366 g/mol. The standard InChI is InChI=1S/C18H26BrN5/c1-4-20-18(22-13-16-7-5-8-17(19)12-16)21-9-6-10-24-15(3)11-14(2)23-24/h5,7-8,11-12H,4,6,9-10,13H2,1-3H3,(H2,20,21,22). The zero-order chi connectivity index (χ0) is 17.4. The summed E-state index contributed by atoms with van der Waals surface area (Å²) in [5.74, 6) is 0.853. The minimum absolute atomic E-state index is 0.659. The van der Waals surface area contributed by atoms with Gasteiger partial charge in [0.2, 0.25) is 0 Å². The highest BCUT2D eigenvalue weighted by Gasteiger charge is 2.01. The first-order chi connectivity index (χ1) is 11.6. The molecule has 0 atom stereocenters. The molecule has 0 aliphatic rings.